The van der Waals surface area contributed by atoms with Crippen LogP contribution in [0.2, 0.25) is 16.3 Å². The van der Waals surface area contributed by atoms with Crippen LogP contribution in [0.4, 0.5) is 0 Å². The van der Waals surface area contributed by atoms with Gasteiger partial charge in [-0.15, -0.1) is 0 Å². The first kappa shape index (κ1) is 16.4. The zero-order valence-electron chi connectivity index (χ0n) is 10.9. The number of hydrogen-bond donors (Lipinski definition) is 0. The summed E-state index contributed by atoms with van der Waals surface area (Å²) in [5.41, 5.74) is 0. The molecule has 0 aromatic rings. The molecule has 0 spiro atoms. The van der Waals surface area contributed by atoms with Crippen LogP contribution in [0.25, 0.3) is 0 Å². The molecule has 4 nitrogen and oxygen atoms in total. The molecule has 0 rings (SSSR count). The molecule has 0 heterocycles. The fraction of sp³-hybridized carbons (Fsp3) is 1.00. The van der Waals surface area contributed by atoms with Crippen LogP contribution in [0.3, 0.4) is 0 Å². The van der Waals surface area contributed by atoms with Crippen LogP contribution in [0, 0.1) is 0 Å². The monoisotopic (exact) mass is 295 g/mol. The maximum atomic E-state index is 11.8. The Hall–Kier alpha value is 0.403. The average molecular weight is 295 g/mol. The van der Waals surface area contributed by atoms with Crippen molar-refractivity contribution >= 4 is 8.80 Å². The van der Waals surface area contributed by atoms with E-state index in [9.17, 15) is 3.87 Å². The molecule has 0 aromatic carbocycles. The molecule has 0 aliphatic rings. The molecule has 101 valence electrons. The van der Waals surface area contributed by atoms with Gasteiger partial charge in [-0.2, -0.15) is 0 Å². The van der Waals surface area contributed by atoms with E-state index in [2.05, 4.69) is 6.92 Å². The summed E-state index contributed by atoms with van der Waals surface area (Å²) in [6.45, 7) is 4.10. The summed E-state index contributed by atoms with van der Waals surface area (Å²) in [4.78, 5) is 0.302. The molecule has 0 aliphatic carbocycles. The van der Waals surface area contributed by atoms with Crippen LogP contribution >= 0.6 is 0 Å². The van der Waals surface area contributed by atoms with E-state index in [4.69, 9.17) is 13.3 Å². The first-order chi connectivity index (χ1) is 7.55. The molecule has 0 radical (unpaired) electrons. The van der Waals surface area contributed by atoms with Crippen molar-refractivity contribution in [2.75, 3.05) is 21.3 Å². The second kappa shape index (κ2) is 8.49. The van der Waals surface area contributed by atoms with Crippen molar-refractivity contribution in [3.63, 3.8) is 0 Å². The van der Waals surface area contributed by atoms with Crippen molar-refractivity contribution in [3.05, 3.63) is 0 Å². The molecule has 1 atom stereocenters. The van der Waals surface area contributed by atoms with Crippen molar-refractivity contribution in [3.8, 4) is 0 Å². The standard InChI is InChI=1S/C6H15O3Si.C4H9.Co.O/c1-5-6-10(7-2,8-3)9-4;1-3-4-2;;/h1,5-6H2,2-4H3;3H,4H2,1-2H3;;. The molecule has 6 heteroatoms. The fourth-order valence-electron chi connectivity index (χ4n) is 1.26. The summed E-state index contributed by atoms with van der Waals surface area (Å²) in [5.74, 6) is 0. The van der Waals surface area contributed by atoms with Gasteiger partial charge < -0.3 is 0 Å². The minimum absolute atomic E-state index is 0.302. The predicted octanol–water partition coefficient (Wildman–Crippen LogP) is 2.86. The Bertz CT molecular complexity index is 201. The van der Waals surface area contributed by atoms with Gasteiger partial charge in [-0.3, -0.25) is 0 Å². The van der Waals surface area contributed by atoms with Crippen LogP contribution in [0.1, 0.15) is 26.7 Å². The van der Waals surface area contributed by atoms with Gasteiger partial charge in [0.05, 0.1) is 0 Å². The Morgan fingerprint density at radius 3 is 2.06 bits per heavy atom. The van der Waals surface area contributed by atoms with Crippen molar-refractivity contribution in [1.82, 2.24) is 0 Å². The van der Waals surface area contributed by atoms with Crippen LogP contribution in [-0.4, -0.2) is 30.1 Å². The van der Waals surface area contributed by atoms with Crippen LogP contribution in [-0.2, 0) is 30.7 Å². The second-order valence-electron chi connectivity index (χ2n) is 3.52. The Balaban J connectivity index is 4.00. The van der Waals surface area contributed by atoms with Crippen molar-refractivity contribution in [2.24, 2.45) is 0 Å². The SMILES string of the molecule is CC[CH](C)[Co](=[O])[CH2]CC[Si](OC)(OC)OC. The number of rotatable bonds is 9. The molecule has 0 bridgehead atoms. The van der Waals surface area contributed by atoms with E-state index in [1.807, 2.05) is 6.92 Å². The molecule has 0 fully saturated rings. The fourth-order valence-corrected chi connectivity index (χ4v) is 4.83. The Morgan fingerprint density at radius 1 is 1.19 bits per heavy atom. The summed E-state index contributed by atoms with van der Waals surface area (Å²) < 4.78 is 27.7. The predicted molar refractivity (Wildman–Crippen MR) is 61.4 cm³/mol. The van der Waals surface area contributed by atoms with E-state index in [1.54, 1.807) is 21.3 Å². The molecular formula is C10H24CoO4Si. The van der Waals surface area contributed by atoms with Gasteiger partial charge in [-0.25, -0.2) is 0 Å². The zero-order chi connectivity index (χ0) is 12.6. The van der Waals surface area contributed by atoms with E-state index in [-0.39, 0.29) is 0 Å². The molecule has 0 saturated heterocycles. The molecule has 0 aliphatic heterocycles. The molecular weight excluding hydrogens is 271 g/mol. The Morgan fingerprint density at radius 2 is 1.69 bits per heavy atom. The maximum absolute atomic E-state index is 11.8. The molecule has 0 amide bonds. The molecule has 16 heavy (non-hydrogen) atoms. The third-order valence-corrected chi connectivity index (χ3v) is 7.89. The molecule has 1 unspecified atom stereocenters. The van der Waals surface area contributed by atoms with Crippen molar-refractivity contribution < 1.29 is 30.7 Å². The van der Waals surface area contributed by atoms with E-state index in [1.165, 1.54) is 0 Å². The van der Waals surface area contributed by atoms with Gasteiger partial charge in [0, 0.05) is 0 Å². The summed E-state index contributed by atoms with van der Waals surface area (Å²) >= 11 is -1.08. The van der Waals surface area contributed by atoms with Gasteiger partial charge in [0.2, 0.25) is 0 Å². The Labute approximate surface area is 104 Å². The van der Waals surface area contributed by atoms with Crippen molar-refractivity contribution in [1.29, 1.82) is 0 Å². The molecule has 0 aromatic heterocycles. The van der Waals surface area contributed by atoms with Gasteiger partial charge in [-0.1, -0.05) is 0 Å². The summed E-state index contributed by atoms with van der Waals surface area (Å²) in [5, 5.41) is 0.729. The van der Waals surface area contributed by atoms with Gasteiger partial charge in [0.15, 0.2) is 0 Å². The van der Waals surface area contributed by atoms with E-state index < -0.39 is 22.4 Å². The third-order valence-electron chi connectivity index (χ3n) is 2.61. The van der Waals surface area contributed by atoms with Crippen LogP contribution < -0.4 is 0 Å². The molecule has 0 saturated carbocycles. The van der Waals surface area contributed by atoms with Crippen LogP contribution in [0.15, 0.2) is 0 Å². The normalized spacial score (nSPS) is 14.9. The number of hydrogen-bond acceptors (Lipinski definition) is 4. The topological polar surface area (TPSA) is 44.8 Å². The average Bonchev–Trinajstić information content (AvgIpc) is 2.34. The summed E-state index contributed by atoms with van der Waals surface area (Å²) in [6, 6.07) is 0.730. The van der Waals surface area contributed by atoms with Gasteiger partial charge in [-0.05, 0) is 0 Å². The van der Waals surface area contributed by atoms with E-state index in [0.29, 0.717) is 4.85 Å². The minimum atomic E-state index is -2.46. The Kier molecular flexibility index (Phi) is 8.70. The van der Waals surface area contributed by atoms with E-state index >= 15 is 0 Å². The van der Waals surface area contributed by atoms with Gasteiger partial charge in [0.1, 0.15) is 0 Å². The zero-order valence-corrected chi connectivity index (χ0v) is 12.9. The first-order valence-corrected chi connectivity index (χ1v) is 9.14. The van der Waals surface area contributed by atoms with E-state index in [0.717, 1.165) is 24.2 Å². The second-order valence-corrected chi connectivity index (χ2v) is 9.13. The quantitative estimate of drug-likeness (QED) is 0.614. The summed E-state index contributed by atoms with van der Waals surface area (Å²) in [7, 11) is 2.36. The van der Waals surface area contributed by atoms with Gasteiger partial charge >= 0.3 is 104 Å². The van der Waals surface area contributed by atoms with Crippen LogP contribution in [0.5, 0.6) is 0 Å². The third kappa shape index (κ3) is 5.16. The van der Waals surface area contributed by atoms with Crippen molar-refractivity contribution in [2.45, 2.75) is 42.9 Å². The molecule has 0 N–H and O–H groups in total. The van der Waals surface area contributed by atoms with Gasteiger partial charge in [0.25, 0.3) is 0 Å². The first-order valence-electron chi connectivity index (χ1n) is 5.45. The summed E-state index contributed by atoms with van der Waals surface area (Å²) in [6.07, 6.45) is 1.80.